The van der Waals surface area contributed by atoms with Gasteiger partial charge < -0.3 is 16.4 Å². The lowest BCUT2D eigenvalue weighted by atomic mass is 10.2. The molecule has 0 saturated carbocycles. The van der Waals surface area contributed by atoms with Crippen LogP contribution >= 0.6 is 0 Å². The molecule has 1 aliphatic rings. The summed E-state index contributed by atoms with van der Waals surface area (Å²) in [7, 11) is 0. The summed E-state index contributed by atoms with van der Waals surface area (Å²) in [6.45, 7) is 1.60. The van der Waals surface area contributed by atoms with Crippen LogP contribution in [0.25, 0.3) is 0 Å². The summed E-state index contributed by atoms with van der Waals surface area (Å²) in [5, 5.41) is 0. The van der Waals surface area contributed by atoms with E-state index < -0.39 is 0 Å². The summed E-state index contributed by atoms with van der Waals surface area (Å²) in [5.41, 5.74) is 13.5. The zero-order valence-electron chi connectivity index (χ0n) is 9.87. The molecule has 0 atom stereocenters. The fourth-order valence-corrected chi connectivity index (χ4v) is 2.19. The molecule has 0 unspecified atom stereocenters. The van der Waals surface area contributed by atoms with Crippen molar-refractivity contribution in [1.29, 1.82) is 0 Å². The maximum Gasteiger partial charge on any atom is 0.221 e. The molecular formula is C12H14N6. The van der Waals surface area contributed by atoms with Crippen LogP contribution in [0.1, 0.15) is 11.1 Å². The van der Waals surface area contributed by atoms with Crippen molar-refractivity contribution in [2.24, 2.45) is 0 Å². The summed E-state index contributed by atoms with van der Waals surface area (Å²) in [6.07, 6.45) is 4.50. The van der Waals surface area contributed by atoms with E-state index in [1.807, 2.05) is 6.07 Å². The highest BCUT2D eigenvalue weighted by Crippen LogP contribution is 2.27. The van der Waals surface area contributed by atoms with Gasteiger partial charge in [0.15, 0.2) is 0 Å². The van der Waals surface area contributed by atoms with Gasteiger partial charge in [-0.2, -0.15) is 4.98 Å². The average Bonchev–Trinajstić information content (AvgIpc) is 2.76. The highest BCUT2D eigenvalue weighted by atomic mass is 15.2. The first kappa shape index (κ1) is 10.8. The monoisotopic (exact) mass is 242 g/mol. The summed E-state index contributed by atoms with van der Waals surface area (Å²) in [5.74, 6) is 1.66. The second kappa shape index (κ2) is 4.14. The van der Waals surface area contributed by atoms with Gasteiger partial charge in [-0.25, -0.2) is 9.97 Å². The Morgan fingerprint density at radius 1 is 1.28 bits per heavy atom. The number of fused-ring (bicyclic) bond motifs is 1. The Hall–Kier alpha value is -2.37. The van der Waals surface area contributed by atoms with Crippen molar-refractivity contribution < 1.29 is 0 Å². The number of hydrogen-bond donors (Lipinski definition) is 2. The second-order valence-corrected chi connectivity index (χ2v) is 4.30. The highest BCUT2D eigenvalue weighted by Gasteiger charge is 2.20. The van der Waals surface area contributed by atoms with Crippen molar-refractivity contribution in [3.63, 3.8) is 0 Å². The SMILES string of the molecule is Nc1ncc(CN2CCc3cccnc32)c(N)n1. The molecule has 0 amide bonds. The van der Waals surface area contributed by atoms with E-state index in [9.17, 15) is 0 Å². The van der Waals surface area contributed by atoms with Gasteiger partial charge in [0.1, 0.15) is 11.6 Å². The molecule has 4 N–H and O–H groups in total. The smallest absolute Gasteiger partial charge is 0.221 e. The number of hydrogen-bond acceptors (Lipinski definition) is 6. The van der Waals surface area contributed by atoms with E-state index in [4.69, 9.17) is 11.5 Å². The van der Waals surface area contributed by atoms with Gasteiger partial charge in [-0.3, -0.25) is 0 Å². The van der Waals surface area contributed by atoms with Crippen LogP contribution in [0, 0.1) is 0 Å². The zero-order chi connectivity index (χ0) is 12.5. The lowest BCUT2D eigenvalue weighted by Gasteiger charge is -2.18. The molecule has 18 heavy (non-hydrogen) atoms. The van der Waals surface area contributed by atoms with E-state index in [0.717, 1.165) is 24.3 Å². The van der Waals surface area contributed by atoms with Gasteiger partial charge in [0.25, 0.3) is 0 Å². The number of nitrogens with two attached hydrogens (primary N) is 2. The predicted molar refractivity (Wildman–Crippen MR) is 69.8 cm³/mol. The van der Waals surface area contributed by atoms with Crippen molar-refractivity contribution in [3.8, 4) is 0 Å². The summed E-state index contributed by atoms with van der Waals surface area (Å²) in [4.78, 5) is 14.5. The molecule has 0 radical (unpaired) electrons. The number of nitrogen functional groups attached to an aromatic ring is 2. The quantitative estimate of drug-likeness (QED) is 0.800. The molecule has 2 aromatic heterocycles. The second-order valence-electron chi connectivity index (χ2n) is 4.30. The van der Waals surface area contributed by atoms with Gasteiger partial charge in [0, 0.05) is 31.0 Å². The van der Waals surface area contributed by atoms with Gasteiger partial charge in [-0.1, -0.05) is 6.07 Å². The molecule has 3 heterocycles. The Bertz CT molecular complexity index is 583. The number of nitrogens with zero attached hydrogens (tertiary/aromatic N) is 4. The minimum Gasteiger partial charge on any atom is -0.383 e. The van der Waals surface area contributed by atoms with Gasteiger partial charge in [-0.15, -0.1) is 0 Å². The van der Waals surface area contributed by atoms with Gasteiger partial charge in [0.05, 0.1) is 0 Å². The number of anilines is 3. The molecule has 0 spiro atoms. The standard InChI is InChI=1S/C12H14N6/c13-10-9(6-16-12(14)17-10)7-18-5-3-8-2-1-4-15-11(8)18/h1-2,4,6H,3,5,7H2,(H4,13,14,16,17). The largest absolute Gasteiger partial charge is 0.383 e. The summed E-state index contributed by atoms with van der Waals surface area (Å²) < 4.78 is 0. The Morgan fingerprint density at radius 3 is 3.00 bits per heavy atom. The first-order valence-corrected chi connectivity index (χ1v) is 5.80. The lowest BCUT2D eigenvalue weighted by Crippen LogP contribution is -2.21. The minimum atomic E-state index is 0.205. The van der Waals surface area contributed by atoms with E-state index in [1.165, 1.54) is 5.56 Å². The normalized spacial score (nSPS) is 13.7. The van der Waals surface area contributed by atoms with Crippen LogP contribution < -0.4 is 16.4 Å². The van der Waals surface area contributed by atoms with Crippen molar-refractivity contribution in [1.82, 2.24) is 15.0 Å². The molecule has 1 aliphatic heterocycles. The van der Waals surface area contributed by atoms with E-state index in [0.29, 0.717) is 12.4 Å². The highest BCUT2D eigenvalue weighted by molar-refractivity contribution is 5.53. The van der Waals surface area contributed by atoms with Gasteiger partial charge in [-0.05, 0) is 18.1 Å². The van der Waals surface area contributed by atoms with E-state index in [1.54, 1.807) is 12.4 Å². The Morgan fingerprint density at radius 2 is 2.17 bits per heavy atom. The molecule has 0 bridgehead atoms. The Labute approximate surface area is 105 Å². The Kier molecular flexibility index (Phi) is 2.47. The molecule has 0 aromatic carbocycles. The third-order valence-corrected chi connectivity index (χ3v) is 3.10. The Balaban J connectivity index is 1.86. The lowest BCUT2D eigenvalue weighted by molar-refractivity contribution is 0.820. The maximum absolute atomic E-state index is 5.84. The molecule has 0 aliphatic carbocycles. The number of aromatic nitrogens is 3. The van der Waals surface area contributed by atoms with Crippen LogP contribution in [0.2, 0.25) is 0 Å². The first-order valence-electron chi connectivity index (χ1n) is 5.80. The third kappa shape index (κ3) is 1.81. The van der Waals surface area contributed by atoms with Crippen molar-refractivity contribution in [2.75, 3.05) is 22.9 Å². The fraction of sp³-hybridized carbons (Fsp3) is 0.250. The van der Waals surface area contributed by atoms with Crippen molar-refractivity contribution in [2.45, 2.75) is 13.0 Å². The molecule has 0 fully saturated rings. The molecule has 0 saturated heterocycles. The predicted octanol–water partition coefficient (Wildman–Crippen LogP) is 0.599. The van der Waals surface area contributed by atoms with Crippen LogP contribution in [-0.2, 0) is 13.0 Å². The van der Waals surface area contributed by atoms with Crippen molar-refractivity contribution >= 4 is 17.6 Å². The van der Waals surface area contributed by atoms with Crippen LogP contribution in [0.4, 0.5) is 17.6 Å². The van der Waals surface area contributed by atoms with Gasteiger partial charge in [0.2, 0.25) is 5.95 Å². The topological polar surface area (TPSA) is 94.0 Å². The van der Waals surface area contributed by atoms with E-state index in [2.05, 4.69) is 25.9 Å². The van der Waals surface area contributed by atoms with Crippen LogP contribution in [-0.4, -0.2) is 21.5 Å². The first-order chi connectivity index (χ1) is 8.74. The molecule has 3 rings (SSSR count). The summed E-state index contributed by atoms with van der Waals surface area (Å²) >= 11 is 0. The van der Waals surface area contributed by atoms with Crippen molar-refractivity contribution in [3.05, 3.63) is 35.7 Å². The number of rotatable bonds is 2. The molecule has 6 heteroatoms. The zero-order valence-corrected chi connectivity index (χ0v) is 9.87. The number of pyridine rings is 1. The van der Waals surface area contributed by atoms with Crippen LogP contribution in [0.15, 0.2) is 24.5 Å². The summed E-state index contributed by atoms with van der Waals surface area (Å²) in [6, 6.07) is 4.06. The minimum absolute atomic E-state index is 0.205. The van der Waals surface area contributed by atoms with Crippen LogP contribution in [0.5, 0.6) is 0 Å². The third-order valence-electron chi connectivity index (χ3n) is 3.10. The molecule has 92 valence electrons. The maximum atomic E-state index is 5.84. The fourth-order valence-electron chi connectivity index (χ4n) is 2.19. The van der Waals surface area contributed by atoms with Gasteiger partial charge >= 0.3 is 0 Å². The average molecular weight is 242 g/mol. The van der Waals surface area contributed by atoms with E-state index >= 15 is 0 Å². The molecular weight excluding hydrogens is 228 g/mol. The van der Waals surface area contributed by atoms with Crippen LogP contribution in [0.3, 0.4) is 0 Å². The molecule has 6 nitrogen and oxygen atoms in total. The molecule has 2 aromatic rings. The van der Waals surface area contributed by atoms with E-state index in [-0.39, 0.29) is 5.95 Å².